The highest BCUT2D eigenvalue weighted by Crippen LogP contribution is 2.17. The van der Waals surface area contributed by atoms with Crippen LogP contribution in [0.1, 0.15) is 57.8 Å². The van der Waals surface area contributed by atoms with E-state index in [0.29, 0.717) is 0 Å². The van der Waals surface area contributed by atoms with Crippen molar-refractivity contribution in [3.63, 3.8) is 0 Å². The molecule has 128 valence electrons. The van der Waals surface area contributed by atoms with Crippen molar-refractivity contribution < 1.29 is 19.8 Å². The van der Waals surface area contributed by atoms with Crippen molar-refractivity contribution in [2.45, 2.75) is 69.9 Å². The van der Waals surface area contributed by atoms with E-state index in [0.717, 1.165) is 25.7 Å². The van der Waals surface area contributed by atoms with Crippen LogP contribution < -0.4 is 5.32 Å². The molecule has 0 spiro atoms. The topological polar surface area (TPSA) is 89.9 Å². The third-order valence-corrected chi connectivity index (χ3v) is 4.16. The van der Waals surface area contributed by atoms with Gasteiger partial charge in [-0.05, 0) is 12.8 Å². The first-order chi connectivity index (χ1) is 10.5. The van der Waals surface area contributed by atoms with Crippen molar-refractivity contribution in [2.75, 3.05) is 20.2 Å². The molecule has 1 fully saturated rings. The largest absolute Gasteiger partial charge is 0.394 e. The number of nitrogens with one attached hydrogen (secondary N) is 1. The Morgan fingerprint density at radius 3 is 2.32 bits per heavy atom. The molecule has 0 aliphatic heterocycles. The van der Waals surface area contributed by atoms with Crippen LogP contribution in [0.15, 0.2) is 0 Å². The molecule has 0 aromatic rings. The maximum atomic E-state index is 11.9. The normalized spacial score (nSPS) is 18.1. The standard InChI is InChI=1S/C16H30N2O4/c1-18(11-14(20)12-19)16(22)10-9-15(21)17-13-7-5-3-2-4-6-8-13/h13-14,19-20H,2-12H2,1H3,(H,17,21). The van der Waals surface area contributed by atoms with E-state index in [1.54, 1.807) is 7.05 Å². The molecule has 1 atom stereocenters. The van der Waals surface area contributed by atoms with Crippen LogP contribution in [0.25, 0.3) is 0 Å². The molecular weight excluding hydrogens is 284 g/mol. The number of rotatable bonds is 7. The van der Waals surface area contributed by atoms with Crippen LogP contribution in [-0.2, 0) is 9.59 Å². The molecule has 22 heavy (non-hydrogen) atoms. The number of aliphatic hydroxyl groups excluding tert-OH is 2. The van der Waals surface area contributed by atoms with Gasteiger partial charge in [0.2, 0.25) is 11.8 Å². The fraction of sp³-hybridized carbons (Fsp3) is 0.875. The molecular formula is C16H30N2O4. The molecule has 1 aliphatic carbocycles. The van der Waals surface area contributed by atoms with Crippen molar-refractivity contribution in [2.24, 2.45) is 0 Å². The van der Waals surface area contributed by atoms with Gasteiger partial charge in [-0.25, -0.2) is 0 Å². The van der Waals surface area contributed by atoms with E-state index in [2.05, 4.69) is 5.32 Å². The van der Waals surface area contributed by atoms with Gasteiger partial charge in [0, 0.05) is 32.5 Å². The average molecular weight is 314 g/mol. The summed E-state index contributed by atoms with van der Waals surface area (Å²) in [5, 5.41) is 21.1. The van der Waals surface area contributed by atoms with Crippen molar-refractivity contribution in [1.82, 2.24) is 10.2 Å². The van der Waals surface area contributed by atoms with Crippen molar-refractivity contribution >= 4 is 11.8 Å². The van der Waals surface area contributed by atoms with Crippen LogP contribution in [0, 0.1) is 0 Å². The summed E-state index contributed by atoms with van der Waals surface area (Å²) in [4.78, 5) is 25.1. The zero-order valence-electron chi connectivity index (χ0n) is 13.6. The minimum Gasteiger partial charge on any atom is -0.394 e. The van der Waals surface area contributed by atoms with E-state index in [4.69, 9.17) is 5.11 Å². The number of amides is 2. The van der Waals surface area contributed by atoms with E-state index in [9.17, 15) is 14.7 Å². The maximum Gasteiger partial charge on any atom is 0.222 e. The van der Waals surface area contributed by atoms with Crippen LogP contribution in [0.2, 0.25) is 0 Å². The zero-order chi connectivity index (χ0) is 16.4. The first-order valence-corrected chi connectivity index (χ1v) is 8.35. The quantitative estimate of drug-likeness (QED) is 0.648. The molecule has 1 unspecified atom stereocenters. The lowest BCUT2D eigenvalue weighted by Crippen LogP contribution is -2.38. The Balaban J connectivity index is 2.24. The minimum absolute atomic E-state index is 0.0740. The van der Waals surface area contributed by atoms with E-state index in [-0.39, 0.29) is 43.8 Å². The van der Waals surface area contributed by atoms with Gasteiger partial charge in [-0.3, -0.25) is 9.59 Å². The molecule has 6 heteroatoms. The highest BCUT2D eigenvalue weighted by molar-refractivity contribution is 5.83. The Labute approximate surface area is 132 Å². The van der Waals surface area contributed by atoms with Gasteiger partial charge in [0.1, 0.15) is 0 Å². The number of nitrogens with zero attached hydrogens (tertiary/aromatic N) is 1. The summed E-state index contributed by atoms with van der Waals surface area (Å²) in [7, 11) is 1.56. The van der Waals surface area contributed by atoms with Gasteiger partial charge >= 0.3 is 0 Å². The van der Waals surface area contributed by atoms with E-state index < -0.39 is 6.10 Å². The van der Waals surface area contributed by atoms with E-state index >= 15 is 0 Å². The molecule has 0 heterocycles. The predicted octanol–water partition coefficient (Wildman–Crippen LogP) is 0.807. The van der Waals surface area contributed by atoms with Crippen LogP contribution >= 0.6 is 0 Å². The fourth-order valence-electron chi connectivity index (χ4n) is 2.79. The monoisotopic (exact) mass is 314 g/mol. The van der Waals surface area contributed by atoms with Gasteiger partial charge < -0.3 is 20.4 Å². The lowest BCUT2D eigenvalue weighted by Gasteiger charge is -2.22. The number of carbonyl (C=O) groups excluding carboxylic acids is 2. The summed E-state index contributed by atoms with van der Waals surface area (Å²) in [6, 6.07) is 0.247. The SMILES string of the molecule is CN(CC(O)CO)C(=O)CCC(=O)NC1CCCCCCC1. The van der Waals surface area contributed by atoms with Gasteiger partial charge in [-0.2, -0.15) is 0 Å². The first-order valence-electron chi connectivity index (χ1n) is 8.35. The Bertz CT molecular complexity index is 341. The van der Waals surface area contributed by atoms with Crippen molar-refractivity contribution in [3.8, 4) is 0 Å². The molecule has 0 saturated heterocycles. The molecule has 1 aliphatic rings. The van der Waals surface area contributed by atoms with Gasteiger partial charge in [0.25, 0.3) is 0 Å². The second-order valence-electron chi connectivity index (χ2n) is 6.22. The minimum atomic E-state index is -0.933. The Morgan fingerprint density at radius 2 is 1.73 bits per heavy atom. The summed E-state index contributed by atoms with van der Waals surface area (Å²) in [6.07, 6.45) is 7.52. The summed E-state index contributed by atoms with van der Waals surface area (Å²) in [5.74, 6) is -0.268. The Kier molecular flexibility index (Phi) is 9.08. The molecule has 0 bridgehead atoms. The van der Waals surface area contributed by atoms with Gasteiger partial charge in [-0.15, -0.1) is 0 Å². The number of likely N-dealkylation sites (N-methyl/N-ethyl adjacent to an activating group) is 1. The lowest BCUT2D eigenvalue weighted by molar-refractivity contribution is -0.134. The van der Waals surface area contributed by atoms with Gasteiger partial charge in [-0.1, -0.05) is 32.1 Å². The molecule has 1 saturated carbocycles. The molecule has 2 amide bonds. The van der Waals surface area contributed by atoms with Gasteiger partial charge in [0.05, 0.1) is 12.7 Å². The maximum absolute atomic E-state index is 11.9. The fourth-order valence-corrected chi connectivity index (χ4v) is 2.79. The Morgan fingerprint density at radius 1 is 1.14 bits per heavy atom. The molecule has 0 aromatic heterocycles. The molecule has 0 aromatic carbocycles. The van der Waals surface area contributed by atoms with Crippen LogP contribution in [0.4, 0.5) is 0 Å². The highest BCUT2D eigenvalue weighted by Gasteiger charge is 2.17. The van der Waals surface area contributed by atoms with Crippen molar-refractivity contribution in [1.29, 1.82) is 0 Å². The third kappa shape index (κ3) is 7.75. The van der Waals surface area contributed by atoms with Crippen LogP contribution in [0.5, 0.6) is 0 Å². The summed E-state index contributed by atoms with van der Waals surface area (Å²) in [6.45, 7) is -0.292. The zero-order valence-corrected chi connectivity index (χ0v) is 13.6. The first kappa shape index (κ1) is 18.9. The van der Waals surface area contributed by atoms with Crippen LogP contribution in [0.3, 0.4) is 0 Å². The molecule has 0 radical (unpaired) electrons. The van der Waals surface area contributed by atoms with Crippen LogP contribution in [-0.4, -0.2) is 59.3 Å². The highest BCUT2D eigenvalue weighted by atomic mass is 16.3. The number of aliphatic hydroxyl groups is 2. The average Bonchev–Trinajstić information content (AvgIpc) is 2.47. The van der Waals surface area contributed by atoms with Crippen molar-refractivity contribution in [3.05, 3.63) is 0 Å². The number of carbonyl (C=O) groups is 2. The molecule has 6 nitrogen and oxygen atoms in total. The molecule has 1 rings (SSSR count). The third-order valence-electron chi connectivity index (χ3n) is 4.16. The number of hydrogen-bond acceptors (Lipinski definition) is 4. The van der Waals surface area contributed by atoms with E-state index in [1.807, 2.05) is 0 Å². The van der Waals surface area contributed by atoms with Gasteiger partial charge in [0.15, 0.2) is 0 Å². The second kappa shape index (κ2) is 10.6. The second-order valence-corrected chi connectivity index (χ2v) is 6.22. The smallest absolute Gasteiger partial charge is 0.222 e. The Hall–Kier alpha value is -1.14. The molecule has 3 N–H and O–H groups in total. The predicted molar refractivity (Wildman–Crippen MR) is 84.2 cm³/mol. The number of hydrogen-bond donors (Lipinski definition) is 3. The van der Waals surface area contributed by atoms with E-state index in [1.165, 1.54) is 24.2 Å². The summed E-state index contributed by atoms with van der Waals surface area (Å²) < 4.78 is 0. The summed E-state index contributed by atoms with van der Waals surface area (Å²) >= 11 is 0. The summed E-state index contributed by atoms with van der Waals surface area (Å²) in [5.41, 5.74) is 0. The lowest BCUT2D eigenvalue weighted by atomic mass is 9.96.